The molecule has 7 heteroatoms. The predicted molar refractivity (Wildman–Crippen MR) is 92.1 cm³/mol. The Morgan fingerprint density at radius 3 is 2.36 bits per heavy atom. The topological polar surface area (TPSA) is 36.9 Å². The standard InChI is InChI=1S/C18H18F3N3O/c19-18(20,21)16-3-1-2-4-17(16)23-22-13-14-5-7-15(8-6-14)24-9-11-25-12-10-24/h1-8,13,23H,9-12H2. The van der Waals surface area contributed by atoms with Gasteiger partial charge in [-0.25, -0.2) is 0 Å². The Morgan fingerprint density at radius 1 is 1.00 bits per heavy atom. The lowest BCUT2D eigenvalue weighted by Crippen LogP contribution is -2.36. The van der Waals surface area contributed by atoms with Crippen LogP contribution in [0.15, 0.2) is 53.6 Å². The molecule has 4 nitrogen and oxygen atoms in total. The van der Waals surface area contributed by atoms with Crippen molar-refractivity contribution in [2.45, 2.75) is 6.18 Å². The maximum atomic E-state index is 12.9. The lowest BCUT2D eigenvalue weighted by atomic mass is 10.2. The van der Waals surface area contributed by atoms with Crippen molar-refractivity contribution in [3.05, 3.63) is 59.7 Å². The van der Waals surface area contributed by atoms with Gasteiger partial charge in [-0.05, 0) is 29.8 Å². The maximum absolute atomic E-state index is 12.9. The number of hydrogen-bond acceptors (Lipinski definition) is 4. The number of anilines is 2. The van der Waals surface area contributed by atoms with Crippen LogP contribution in [0.25, 0.3) is 0 Å². The largest absolute Gasteiger partial charge is 0.418 e. The fourth-order valence-electron chi connectivity index (χ4n) is 2.60. The predicted octanol–water partition coefficient (Wildman–Crippen LogP) is 3.99. The van der Waals surface area contributed by atoms with E-state index in [4.69, 9.17) is 4.74 Å². The van der Waals surface area contributed by atoms with Gasteiger partial charge in [-0.15, -0.1) is 0 Å². The first-order valence-electron chi connectivity index (χ1n) is 7.92. The molecule has 0 aromatic heterocycles. The summed E-state index contributed by atoms with van der Waals surface area (Å²) in [5.41, 5.74) is 3.55. The number of ether oxygens (including phenoxy) is 1. The summed E-state index contributed by atoms with van der Waals surface area (Å²) in [4.78, 5) is 2.22. The SMILES string of the molecule is FC(F)(F)c1ccccc1NN=Cc1ccc(N2CCOCC2)cc1. The lowest BCUT2D eigenvalue weighted by Gasteiger charge is -2.28. The van der Waals surface area contributed by atoms with Crippen LogP contribution in [0.3, 0.4) is 0 Å². The van der Waals surface area contributed by atoms with Gasteiger partial charge < -0.3 is 9.64 Å². The average Bonchev–Trinajstić information content (AvgIpc) is 2.63. The number of alkyl halides is 3. The Morgan fingerprint density at radius 2 is 1.68 bits per heavy atom. The van der Waals surface area contributed by atoms with Crippen molar-refractivity contribution in [3.8, 4) is 0 Å². The summed E-state index contributed by atoms with van der Waals surface area (Å²) in [5, 5.41) is 3.92. The third-order valence-electron chi connectivity index (χ3n) is 3.90. The van der Waals surface area contributed by atoms with Crippen molar-refractivity contribution in [1.29, 1.82) is 0 Å². The van der Waals surface area contributed by atoms with Gasteiger partial charge in [0, 0.05) is 18.8 Å². The van der Waals surface area contributed by atoms with E-state index < -0.39 is 11.7 Å². The first-order chi connectivity index (χ1) is 12.0. The molecule has 0 atom stereocenters. The van der Waals surface area contributed by atoms with Gasteiger partial charge in [0.25, 0.3) is 0 Å². The minimum absolute atomic E-state index is 0.0730. The second-order valence-electron chi connectivity index (χ2n) is 5.60. The molecule has 0 amide bonds. The number of morpholine rings is 1. The molecule has 0 radical (unpaired) electrons. The monoisotopic (exact) mass is 349 g/mol. The van der Waals surface area contributed by atoms with Crippen LogP contribution in [-0.4, -0.2) is 32.5 Å². The highest BCUT2D eigenvalue weighted by Crippen LogP contribution is 2.34. The molecule has 0 saturated carbocycles. The van der Waals surface area contributed by atoms with Crippen LogP contribution in [0.4, 0.5) is 24.5 Å². The van der Waals surface area contributed by atoms with Crippen LogP contribution in [-0.2, 0) is 10.9 Å². The molecule has 2 aromatic carbocycles. The summed E-state index contributed by atoms with van der Waals surface area (Å²) in [6.07, 6.45) is -2.92. The number of nitrogens with one attached hydrogen (secondary N) is 1. The van der Waals surface area contributed by atoms with Crippen LogP contribution in [0.2, 0.25) is 0 Å². The third-order valence-corrected chi connectivity index (χ3v) is 3.90. The first-order valence-corrected chi connectivity index (χ1v) is 7.92. The number of halogens is 3. The van der Waals surface area contributed by atoms with E-state index in [0.29, 0.717) is 13.2 Å². The highest BCUT2D eigenvalue weighted by molar-refractivity contribution is 5.81. The highest BCUT2D eigenvalue weighted by Gasteiger charge is 2.33. The summed E-state index contributed by atoms with van der Waals surface area (Å²) in [5.74, 6) is 0. The second kappa shape index (κ2) is 7.57. The quantitative estimate of drug-likeness (QED) is 0.670. The molecular formula is C18H18F3N3O. The molecule has 0 bridgehead atoms. The summed E-state index contributed by atoms with van der Waals surface area (Å²) in [7, 11) is 0. The molecule has 1 N–H and O–H groups in total. The van der Waals surface area contributed by atoms with Crippen molar-refractivity contribution >= 4 is 17.6 Å². The van der Waals surface area contributed by atoms with Gasteiger partial charge in [-0.1, -0.05) is 24.3 Å². The smallest absolute Gasteiger partial charge is 0.378 e. The number of hydrazone groups is 1. The Balaban J connectivity index is 1.65. The lowest BCUT2D eigenvalue weighted by molar-refractivity contribution is -0.136. The van der Waals surface area contributed by atoms with E-state index in [1.807, 2.05) is 24.3 Å². The van der Waals surface area contributed by atoms with E-state index in [9.17, 15) is 13.2 Å². The Bertz CT molecular complexity index is 723. The number of para-hydroxylation sites is 1. The van der Waals surface area contributed by atoms with Crippen LogP contribution in [0.1, 0.15) is 11.1 Å². The number of rotatable bonds is 4. The van der Waals surface area contributed by atoms with E-state index in [1.165, 1.54) is 24.4 Å². The van der Waals surface area contributed by atoms with Crippen molar-refractivity contribution < 1.29 is 17.9 Å². The minimum Gasteiger partial charge on any atom is -0.378 e. The molecule has 132 valence electrons. The van der Waals surface area contributed by atoms with E-state index in [-0.39, 0.29) is 5.69 Å². The fraction of sp³-hybridized carbons (Fsp3) is 0.278. The summed E-state index contributed by atoms with van der Waals surface area (Å²) >= 11 is 0. The van der Waals surface area contributed by atoms with Crippen molar-refractivity contribution in [2.24, 2.45) is 5.10 Å². The zero-order valence-corrected chi connectivity index (χ0v) is 13.5. The van der Waals surface area contributed by atoms with Gasteiger partial charge in [-0.2, -0.15) is 18.3 Å². The number of hydrogen-bond donors (Lipinski definition) is 1. The summed E-state index contributed by atoms with van der Waals surface area (Å²) in [6.45, 7) is 3.13. The van der Waals surface area contributed by atoms with Crippen LogP contribution < -0.4 is 10.3 Å². The molecule has 0 aliphatic carbocycles. The molecule has 1 aliphatic heterocycles. The van der Waals surface area contributed by atoms with E-state index in [2.05, 4.69) is 15.4 Å². The minimum atomic E-state index is -4.42. The molecule has 2 aromatic rings. The Labute approximate surface area is 143 Å². The van der Waals surface area contributed by atoms with Gasteiger partial charge >= 0.3 is 6.18 Å². The first kappa shape index (κ1) is 17.3. The molecular weight excluding hydrogens is 331 g/mol. The zero-order valence-electron chi connectivity index (χ0n) is 13.5. The van der Waals surface area contributed by atoms with E-state index in [1.54, 1.807) is 0 Å². The van der Waals surface area contributed by atoms with Crippen LogP contribution in [0, 0.1) is 0 Å². The molecule has 3 rings (SSSR count). The van der Waals surface area contributed by atoms with Gasteiger partial charge in [0.1, 0.15) is 0 Å². The molecule has 1 fully saturated rings. The fourth-order valence-corrected chi connectivity index (χ4v) is 2.60. The molecule has 1 aliphatic rings. The van der Waals surface area contributed by atoms with E-state index >= 15 is 0 Å². The third kappa shape index (κ3) is 4.51. The highest BCUT2D eigenvalue weighted by atomic mass is 19.4. The van der Waals surface area contributed by atoms with Gasteiger partial charge in [0.15, 0.2) is 0 Å². The van der Waals surface area contributed by atoms with E-state index in [0.717, 1.165) is 30.4 Å². The van der Waals surface area contributed by atoms with Crippen molar-refractivity contribution in [1.82, 2.24) is 0 Å². The number of benzene rings is 2. The van der Waals surface area contributed by atoms with Crippen LogP contribution >= 0.6 is 0 Å². The summed E-state index contributed by atoms with van der Waals surface area (Å²) in [6, 6.07) is 13.0. The second-order valence-corrected chi connectivity index (χ2v) is 5.60. The molecule has 25 heavy (non-hydrogen) atoms. The molecule has 0 spiro atoms. The van der Waals surface area contributed by atoms with Gasteiger partial charge in [0.2, 0.25) is 0 Å². The Kier molecular flexibility index (Phi) is 5.23. The van der Waals surface area contributed by atoms with Crippen LogP contribution in [0.5, 0.6) is 0 Å². The number of nitrogens with zero attached hydrogens (tertiary/aromatic N) is 2. The molecule has 0 unspecified atom stereocenters. The molecule has 1 saturated heterocycles. The maximum Gasteiger partial charge on any atom is 0.418 e. The average molecular weight is 349 g/mol. The van der Waals surface area contributed by atoms with Gasteiger partial charge in [-0.3, -0.25) is 5.43 Å². The summed E-state index contributed by atoms with van der Waals surface area (Å²) < 4.78 is 44.1. The normalized spacial score (nSPS) is 15.6. The molecule has 1 heterocycles. The van der Waals surface area contributed by atoms with Crippen molar-refractivity contribution in [2.75, 3.05) is 36.6 Å². The zero-order chi connectivity index (χ0) is 17.7. The Hall–Kier alpha value is -2.54. The van der Waals surface area contributed by atoms with Gasteiger partial charge in [0.05, 0.1) is 30.7 Å². The van der Waals surface area contributed by atoms with Crippen molar-refractivity contribution in [3.63, 3.8) is 0 Å².